The average molecular weight is 497 g/mol. The molecule has 1 unspecified atom stereocenters. The van der Waals surface area contributed by atoms with Gasteiger partial charge in [-0.15, -0.1) is 0 Å². The van der Waals surface area contributed by atoms with Crippen molar-refractivity contribution in [3.63, 3.8) is 0 Å². The molecule has 31 heavy (non-hydrogen) atoms. The molecule has 0 aromatic rings. The smallest absolute Gasteiger partial charge is 0.302 e. The predicted molar refractivity (Wildman–Crippen MR) is 114 cm³/mol. The molecule has 0 radical (unpaired) electrons. The Morgan fingerprint density at radius 1 is 1.29 bits per heavy atom. The van der Waals surface area contributed by atoms with E-state index in [9.17, 15) is 29.7 Å². The van der Waals surface area contributed by atoms with Crippen molar-refractivity contribution in [1.29, 1.82) is 0 Å². The van der Waals surface area contributed by atoms with Crippen molar-refractivity contribution < 1.29 is 34.4 Å². The van der Waals surface area contributed by atoms with Gasteiger partial charge in [-0.1, -0.05) is 41.4 Å². The summed E-state index contributed by atoms with van der Waals surface area (Å²) in [5.74, 6) is -1.81. The van der Waals surface area contributed by atoms with Gasteiger partial charge in [-0.3, -0.25) is 14.4 Å². The molecule has 3 N–H and O–H groups in total. The summed E-state index contributed by atoms with van der Waals surface area (Å²) >= 11 is 3.98. The van der Waals surface area contributed by atoms with Crippen LogP contribution in [0.15, 0.2) is 23.8 Å². The fourth-order valence-electron chi connectivity index (χ4n) is 7.14. The third-order valence-corrected chi connectivity index (χ3v) is 10.6. The molecule has 0 saturated heterocycles. The van der Waals surface area contributed by atoms with Crippen molar-refractivity contribution in [1.82, 2.24) is 0 Å². The van der Waals surface area contributed by atoms with Crippen LogP contribution in [0.5, 0.6) is 0 Å². The standard InChI is InChI=1S/C23H29BrO7/c1-12(26)31-19-10-21(3)16(9-17(28)23(21,30)18(29)11-25)15-5-4-13-8-14(27)6-7-20(13,2)22(15,19)24/h6-8,15-17,19,25,28,30H,4-5,9-11H2,1-3H3/t15-,16-,17?,19+,20-,21-,22-,23-/m0/s1. The molecule has 0 aromatic carbocycles. The molecule has 3 saturated carbocycles. The Labute approximate surface area is 189 Å². The number of carbonyl (C=O) groups is 3. The van der Waals surface area contributed by atoms with Crippen molar-refractivity contribution in [3.8, 4) is 0 Å². The molecule has 0 heterocycles. The number of ether oxygens (including phenoxy) is 1. The van der Waals surface area contributed by atoms with Crippen LogP contribution in [0.2, 0.25) is 0 Å². The molecular formula is C23H29BrO7. The van der Waals surface area contributed by atoms with E-state index in [-0.39, 0.29) is 30.5 Å². The molecule has 3 fully saturated rings. The number of Topliss-reactive ketones (excluding diaryl/α,β-unsaturated/α-hetero) is 1. The van der Waals surface area contributed by atoms with Gasteiger partial charge in [0.2, 0.25) is 0 Å². The molecule has 170 valence electrons. The SMILES string of the molecule is CC(=O)O[C@@H]1C[C@@]2(C)[C@@H](CC(O)[C@]2(O)C(=O)CO)[C@@H]2CCC3=CC(=O)C=C[C@]3(C)[C@@]12Br. The number of aliphatic hydroxyl groups excluding tert-OH is 2. The van der Waals surface area contributed by atoms with Crippen molar-refractivity contribution in [2.75, 3.05) is 6.61 Å². The number of hydrogen-bond acceptors (Lipinski definition) is 7. The minimum absolute atomic E-state index is 0.0779. The van der Waals surface area contributed by atoms with Crippen molar-refractivity contribution >= 4 is 33.5 Å². The Balaban J connectivity index is 1.89. The molecule has 4 aliphatic rings. The number of carbonyl (C=O) groups excluding carboxylic acids is 3. The maximum Gasteiger partial charge on any atom is 0.302 e. The normalized spacial score (nSPS) is 48.4. The molecule has 7 nitrogen and oxygen atoms in total. The predicted octanol–water partition coefficient (Wildman–Crippen LogP) is 1.62. The lowest BCUT2D eigenvalue weighted by Gasteiger charge is -2.64. The number of fused-ring (bicyclic) bond motifs is 5. The molecule has 0 aromatic heterocycles. The van der Waals surface area contributed by atoms with Gasteiger partial charge in [0.1, 0.15) is 12.7 Å². The second-order valence-corrected chi connectivity index (χ2v) is 11.3. The first kappa shape index (κ1) is 22.8. The van der Waals surface area contributed by atoms with E-state index in [0.717, 1.165) is 5.57 Å². The van der Waals surface area contributed by atoms with E-state index >= 15 is 0 Å². The zero-order chi connectivity index (χ0) is 23.0. The van der Waals surface area contributed by atoms with Gasteiger partial charge >= 0.3 is 5.97 Å². The van der Waals surface area contributed by atoms with Gasteiger partial charge in [0, 0.05) is 17.8 Å². The van der Waals surface area contributed by atoms with Gasteiger partial charge in [0.15, 0.2) is 17.2 Å². The zero-order valence-corrected chi connectivity index (χ0v) is 19.5. The fraction of sp³-hybridized carbons (Fsp3) is 0.696. The van der Waals surface area contributed by atoms with E-state index in [0.29, 0.717) is 12.8 Å². The fourth-order valence-corrected chi connectivity index (χ4v) is 8.33. The number of aliphatic hydroxyl groups is 3. The molecule has 0 spiro atoms. The topological polar surface area (TPSA) is 121 Å². The van der Waals surface area contributed by atoms with Crippen LogP contribution in [0.25, 0.3) is 0 Å². The minimum Gasteiger partial charge on any atom is -0.461 e. The second-order valence-electron chi connectivity index (χ2n) is 9.95. The minimum atomic E-state index is -2.13. The lowest BCUT2D eigenvalue weighted by Crippen LogP contribution is -2.69. The Hall–Kier alpha value is -1.35. The van der Waals surface area contributed by atoms with Crippen LogP contribution in [-0.4, -0.2) is 61.6 Å². The summed E-state index contributed by atoms with van der Waals surface area (Å²) in [6.07, 6.45) is 4.59. The zero-order valence-electron chi connectivity index (χ0n) is 17.9. The highest BCUT2D eigenvalue weighted by atomic mass is 79.9. The number of alkyl halides is 1. The van der Waals surface area contributed by atoms with E-state index in [2.05, 4.69) is 15.9 Å². The summed E-state index contributed by atoms with van der Waals surface area (Å²) in [6, 6.07) is 0. The maximum absolute atomic E-state index is 12.7. The number of ketones is 2. The van der Waals surface area contributed by atoms with Crippen molar-refractivity contribution in [2.45, 2.75) is 68.6 Å². The van der Waals surface area contributed by atoms with Gasteiger partial charge in [0.25, 0.3) is 0 Å². The first-order valence-electron chi connectivity index (χ1n) is 10.7. The second kappa shape index (κ2) is 7.07. The van der Waals surface area contributed by atoms with Crippen LogP contribution in [0.3, 0.4) is 0 Å². The van der Waals surface area contributed by atoms with E-state index in [1.54, 1.807) is 13.0 Å². The number of allylic oxidation sites excluding steroid dienone is 4. The van der Waals surface area contributed by atoms with Crippen LogP contribution in [0, 0.1) is 22.7 Å². The van der Waals surface area contributed by atoms with Gasteiger partial charge in [-0.25, -0.2) is 0 Å². The molecular weight excluding hydrogens is 468 g/mol. The summed E-state index contributed by atoms with van der Waals surface area (Å²) in [6.45, 7) is 4.20. The van der Waals surface area contributed by atoms with Gasteiger partial charge < -0.3 is 20.1 Å². The first-order valence-corrected chi connectivity index (χ1v) is 11.5. The molecule has 4 rings (SSSR count). The lowest BCUT2D eigenvalue weighted by atomic mass is 9.46. The average Bonchev–Trinajstić information content (AvgIpc) is 2.90. The van der Waals surface area contributed by atoms with Gasteiger partial charge in [-0.05, 0) is 49.7 Å². The molecule has 8 heteroatoms. The summed E-state index contributed by atoms with van der Waals surface area (Å²) in [5, 5.41) is 31.8. The summed E-state index contributed by atoms with van der Waals surface area (Å²) in [7, 11) is 0. The van der Waals surface area contributed by atoms with Crippen LogP contribution < -0.4 is 0 Å². The largest absolute Gasteiger partial charge is 0.461 e. The third kappa shape index (κ3) is 2.71. The summed E-state index contributed by atoms with van der Waals surface area (Å²) in [5.41, 5.74) is -2.90. The van der Waals surface area contributed by atoms with Gasteiger partial charge in [-0.2, -0.15) is 0 Å². The Kier molecular flexibility index (Phi) is 5.21. The monoisotopic (exact) mass is 496 g/mol. The summed E-state index contributed by atoms with van der Waals surface area (Å²) in [4.78, 5) is 36.8. The Morgan fingerprint density at radius 2 is 1.97 bits per heavy atom. The molecule has 0 bridgehead atoms. The maximum atomic E-state index is 12.7. The summed E-state index contributed by atoms with van der Waals surface area (Å²) < 4.78 is 5.03. The number of hydrogen-bond donors (Lipinski definition) is 3. The van der Waals surface area contributed by atoms with E-state index in [1.807, 2.05) is 13.0 Å². The molecule has 0 aliphatic heterocycles. The van der Waals surface area contributed by atoms with Gasteiger partial charge in [0.05, 0.1) is 10.4 Å². The van der Waals surface area contributed by atoms with Crippen LogP contribution >= 0.6 is 15.9 Å². The third-order valence-electron chi connectivity index (χ3n) is 8.71. The van der Waals surface area contributed by atoms with Crippen LogP contribution in [0.4, 0.5) is 0 Å². The molecule has 4 aliphatic carbocycles. The Bertz CT molecular complexity index is 912. The first-order chi connectivity index (χ1) is 14.4. The number of halogens is 1. The lowest BCUT2D eigenvalue weighted by molar-refractivity contribution is -0.192. The molecule has 8 atom stereocenters. The van der Waals surface area contributed by atoms with Crippen LogP contribution in [-0.2, 0) is 19.1 Å². The van der Waals surface area contributed by atoms with Crippen molar-refractivity contribution in [3.05, 3.63) is 23.8 Å². The van der Waals surface area contributed by atoms with Crippen molar-refractivity contribution in [2.24, 2.45) is 22.7 Å². The number of rotatable bonds is 3. The van der Waals surface area contributed by atoms with E-state index in [4.69, 9.17) is 4.74 Å². The number of esters is 1. The van der Waals surface area contributed by atoms with E-state index in [1.165, 1.54) is 13.0 Å². The quantitative estimate of drug-likeness (QED) is 0.400. The van der Waals surface area contributed by atoms with E-state index < -0.39 is 51.3 Å². The highest BCUT2D eigenvalue weighted by Gasteiger charge is 2.75. The highest BCUT2D eigenvalue weighted by molar-refractivity contribution is 9.10. The van der Waals surface area contributed by atoms with Crippen LogP contribution in [0.1, 0.15) is 46.5 Å². The highest BCUT2D eigenvalue weighted by Crippen LogP contribution is 2.71. The molecule has 0 amide bonds. The Morgan fingerprint density at radius 3 is 2.58 bits per heavy atom.